The minimum absolute atomic E-state index is 0.429. The fraction of sp³-hybridized carbons (Fsp3) is 0.0667. The summed E-state index contributed by atoms with van der Waals surface area (Å²) in [5.41, 5.74) is 0.868. The van der Waals surface area contributed by atoms with Gasteiger partial charge in [-0.2, -0.15) is 0 Å². The Morgan fingerprint density at radius 1 is 1.15 bits per heavy atom. The number of ether oxygens (including phenoxy) is 1. The molecular weight excluding hydrogens is 360 g/mol. The molecule has 2 aromatic rings. The Balaban J connectivity index is 1.98. The molecule has 2 nitrogen and oxygen atoms in total. The predicted molar refractivity (Wildman–Crippen MR) is 85.5 cm³/mol. The zero-order valence-corrected chi connectivity index (χ0v) is 13.5. The van der Waals surface area contributed by atoms with E-state index in [0.29, 0.717) is 11.6 Å². The molecule has 0 amide bonds. The third kappa shape index (κ3) is 2.74. The third-order valence-corrected chi connectivity index (χ3v) is 5.18. The normalized spacial score (nSPS) is 15.1. The lowest BCUT2D eigenvalue weighted by Gasteiger charge is -2.20. The molecule has 5 heteroatoms. The first kappa shape index (κ1) is 14.0. The topological polar surface area (TPSA) is 32.3 Å². The van der Waals surface area contributed by atoms with Gasteiger partial charge in [-0.15, -0.1) is 0 Å². The van der Waals surface area contributed by atoms with Crippen molar-refractivity contribution in [3.05, 3.63) is 63.6 Å². The van der Waals surface area contributed by atoms with Crippen LogP contribution >= 0.6 is 27.5 Å². The van der Waals surface area contributed by atoms with Crippen LogP contribution in [0.15, 0.2) is 57.9 Å². The van der Waals surface area contributed by atoms with E-state index in [1.807, 2.05) is 24.3 Å². The Morgan fingerprint density at radius 2 is 1.90 bits per heavy atom. The van der Waals surface area contributed by atoms with Crippen molar-refractivity contribution in [1.82, 2.24) is 0 Å². The van der Waals surface area contributed by atoms with Gasteiger partial charge in [0.05, 0.1) is 5.56 Å². The first-order valence-electron chi connectivity index (χ1n) is 5.95. The van der Waals surface area contributed by atoms with Crippen molar-refractivity contribution in [3.8, 4) is 5.75 Å². The van der Waals surface area contributed by atoms with Crippen molar-refractivity contribution in [3.63, 3.8) is 0 Å². The lowest BCUT2D eigenvalue weighted by atomic mass is 10.1. The Morgan fingerprint density at radius 3 is 2.65 bits per heavy atom. The fourth-order valence-electron chi connectivity index (χ4n) is 2.00. The van der Waals surface area contributed by atoms with Gasteiger partial charge in [-0.1, -0.05) is 27.5 Å². The minimum atomic E-state index is -1.24. The smallest absolute Gasteiger partial charge is 0.168 e. The molecule has 1 atom stereocenters. The second kappa shape index (κ2) is 5.82. The van der Waals surface area contributed by atoms with Crippen LogP contribution in [0.5, 0.6) is 5.75 Å². The van der Waals surface area contributed by atoms with Gasteiger partial charge in [0, 0.05) is 26.7 Å². The van der Waals surface area contributed by atoms with Crippen LogP contribution in [0.1, 0.15) is 5.56 Å². The molecule has 0 aromatic heterocycles. The van der Waals surface area contributed by atoms with E-state index < -0.39 is 11.2 Å². The lowest BCUT2D eigenvalue weighted by Crippen LogP contribution is -2.12. The SMILES string of the molecule is [O-][S+](C1=CCOc2cc(Br)ccc21)c1ccc(Cl)cc1. The molecule has 0 aliphatic carbocycles. The summed E-state index contributed by atoms with van der Waals surface area (Å²) >= 11 is 8.03. The van der Waals surface area contributed by atoms with Gasteiger partial charge in [0.25, 0.3) is 0 Å². The molecule has 1 heterocycles. The monoisotopic (exact) mass is 368 g/mol. The molecule has 0 N–H and O–H groups in total. The average molecular weight is 370 g/mol. The molecule has 0 saturated heterocycles. The van der Waals surface area contributed by atoms with Crippen LogP contribution in [0.3, 0.4) is 0 Å². The van der Waals surface area contributed by atoms with Gasteiger partial charge in [0.1, 0.15) is 12.4 Å². The number of hydrogen-bond acceptors (Lipinski definition) is 2. The molecule has 3 rings (SSSR count). The van der Waals surface area contributed by atoms with E-state index >= 15 is 0 Å². The maximum Gasteiger partial charge on any atom is 0.168 e. The number of halogens is 2. The van der Waals surface area contributed by atoms with Crippen molar-refractivity contribution < 1.29 is 9.29 Å². The molecule has 0 spiro atoms. The van der Waals surface area contributed by atoms with E-state index in [2.05, 4.69) is 15.9 Å². The van der Waals surface area contributed by atoms with Crippen molar-refractivity contribution >= 4 is 43.6 Å². The van der Waals surface area contributed by atoms with Crippen molar-refractivity contribution in [1.29, 1.82) is 0 Å². The molecule has 0 fully saturated rings. The Bertz CT molecular complexity index is 670. The van der Waals surface area contributed by atoms with E-state index in [-0.39, 0.29) is 0 Å². The van der Waals surface area contributed by atoms with Crippen LogP contribution in [0, 0.1) is 0 Å². The highest BCUT2D eigenvalue weighted by molar-refractivity contribution is 9.10. The summed E-state index contributed by atoms with van der Waals surface area (Å²) in [6, 6.07) is 12.8. The maximum absolute atomic E-state index is 12.7. The second-order valence-corrected chi connectivity index (χ2v) is 7.04. The van der Waals surface area contributed by atoms with Crippen LogP contribution in [-0.2, 0) is 11.2 Å². The molecule has 0 saturated carbocycles. The van der Waals surface area contributed by atoms with E-state index in [1.54, 1.807) is 24.3 Å². The predicted octanol–water partition coefficient (Wildman–Crippen LogP) is 4.64. The van der Waals surface area contributed by atoms with Gasteiger partial charge < -0.3 is 9.29 Å². The number of benzene rings is 2. The van der Waals surface area contributed by atoms with E-state index in [4.69, 9.17) is 16.3 Å². The summed E-state index contributed by atoms with van der Waals surface area (Å²) in [4.78, 5) is 1.51. The Kier molecular flexibility index (Phi) is 4.08. The number of hydrogen-bond donors (Lipinski definition) is 0. The highest BCUT2D eigenvalue weighted by Gasteiger charge is 2.26. The summed E-state index contributed by atoms with van der Waals surface area (Å²) < 4.78 is 19.2. The molecule has 0 radical (unpaired) electrons. The van der Waals surface area contributed by atoms with Crippen molar-refractivity contribution in [2.45, 2.75) is 4.90 Å². The van der Waals surface area contributed by atoms with Gasteiger partial charge in [-0.25, -0.2) is 0 Å². The van der Waals surface area contributed by atoms with Crippen LogP contribution in [-0.4, -0.2) is 11.2 Å². The summed E-state index contributed by atoms with van der Waals surface area (Å²) in [5.74, 6) is 0.749. The molecule has 2 aromatic carbocycles. The van der Waals surface area contributed by atoms with Crippen LogP contribution in [0.25, 0.3) is 4.91 Å². The van der Waals surface area contributed by atoms with Crippen LogP contribution in [0.2, 0.25) is 5.02 Å². The molecule has 1 aliphatic rings. The summed E-state index contributed by atoms with van der Waals surface area (Å²) in [6.07, 6.45) is 1.86. The second-order valence-electron chi connectivity index (χ2n) is 4.24. The largest absolute Gasteiger partial charge is 0.606 e. The first-order valence-corrected chi connectivity index (χ1v) is 8.27. The highest BCUT2D eigenvalue weighted by Crippen LogP contribution is 2.37. The zero-order valence-electron chi connectivity index (χ0n) is 10.3. The van der Waals surface area contributed by atoms with Crippen LogP contribution < -0.4 is 4.74 Å². The molecule has 102 valence electrons. The van der Waals surface area contributed by atoms with Gasteiger partial charge in [-0.3, -0.25) is 0 Å². The molecule has 20 heavy (non-hydrogen) atoms. The first-order chi connectivity index (χ1) is 9.65. The number of rotatable bonds is 2. The summed E-state index contributed by atoms with van der Waals surface area (Å²) in [5, 5.41) is 0.635. The maximum atomic E-state index is 12.7. The summed E-state index contributed by atoms with van der Waals surface area (Å²) in [7, 11) is 0. The fourth-order valence-corrected chi connectivity index (χ4v) is 3.69. The third-order valence-electron chi connectivity index (χ3n) is 2.94. The van der Waals surface area contributed by atoms with E-state index in [9.17, 15) is 4.55 Å². The van der Waals surface area contributed by atoms with Crippen molar-refractivity contribution in [2.24, 2.45) is 0 Å². The van der Waals surface area contributed by atoms with E-state index in [1.165, 1.54) is 0 Å². The molecule has 0 bridgehead atoms. The molecular formula is C15H10BrClO2S. The quantitative estimate of drug-likeness (QED) is 0.722. The van der Waals surface area contributed by atoms with E-state index in [0.717, 1.165) is 25.6 Å². The van der Waals surface area contributed by atoms with Gasteiger partial charge >= 0.3 is 0 Å². The number of fused-ring (bicyclic) bond motifs is 1. The van der Waals surface area contributed by atoms with Crippen molar-refractivity contribution in [2.75, 3.05) is 6.61 Å². The summed E-state index contributed by atoms with van der Waals surface area (Å²) in [6.45, 7) is 0.429. The van der Waals surface area contributed by atoms with Crippen LogP contribution in [0.4, 0.5) is 0 Å². The van der Waals surface area contributed by atoms with Gasteiger partial charge in [-0.05, 0) is 42.5 Å². The Labute approximate surface area is 133 Å². The Hall–Kier alpha value is -0.940. The lowest BCUT2D eigenvalue weighted by molar-refractivity contribution is 0.357. The molecule has 1 aliphatic heterocycles. The van der Waals surface area contributed by atoms with Gasteiger partial charge in [0.15, 0.2) is 9.80 Å². The highest BCUT2D eigenvalue weighted by atomic mass is 79.9. The minimum Gasteiger partial charge on any atom is -0.606 e. The zero-order chi connectivity index (χ0) is 14.1. The standard InChI is InChI=1S/C15H10BrClO2S/c16-10-1-6-13-14(9-10)19-8-7-15(13)20(18)12-4-2-11(17)3-5-12/h1-7,9H,8H2. The molecule has 1 unspecified atom stereocenters. The average Bonchev–Trinajstić information content (AvgIpc) is 2.46. The van der Waals surface area contributed by atoms with Gasteiger partial charge in [0.2, 0.25) is 0 Å².